The summed E-state index contributed by atoms with van der Waals surface area (Å²) in [5.74, 6) is 0.607. The second-order valence-electron chi connectivity index (χ2n) is 3.72. The van der Waals surface area contributed by atoms with Crippen LogP contribution in [0.15, 0.2) is 29.0 Å². The van der Waals surface area contributed by atoms with E-state index in [0.29, 0.717) is 17.2 Å². The van der Waals surface area contributed by atoms with Gasteiger partial charge in [-0.05, 0) is 32.1 Å². The summed E-state index contributed by atoms with van der Waals surface area (Å²) < 4.78 is 5.23. The molecule has 2 heterocycles. The minimum atomic E-state index is -0.0820. The average molecular weight is 265 g/mol. The van der Waals surface area contributed by atoms with Crippen molar-refractivity contribution in [3.63, 3.8) is 0 Å². The van der Waals surface area contributed by atoms with Crippen LogP contribution < -0.4 is 10.6 Å². The van der Waals surface area contributed by atoms with Crippen molar-refractivity contribution in [3.05, 3.63) is 29.5 Å². The van der Waals surface area contributed by atoms with Gasteiger partial charge in [-0.2, -0.15) is 0 Å². The van der Waals surface area contributed by atoms with Crippen molar-refractivity contribution in [2.75, 3.05) is 20.1 Å². The third-order valence-electron chi connectivity index (χ3n) is 2.35. The number of thiazole rings is 1. The van der Waals surface area contributed by atoms with E-state index in [0.717, 1.165) is 18.0 Å². The summed E-state index contributed by atoms with van der Waals surface area (Å²) in [5.41, 5.74) is 0. The molecule has 0 spiro atoms. The fraction of sp³-hybridized carbons (Fsp3) is 0.333. The number of aromatic nitrogens is 1. The molecule has 5 nitrogen and oxygen atoms in total. The van der Waals surface area contributed by atoms with E-state index in [1.165, 1.54) is 11.3 Å². The van der Waals surface area contributed by atoms with Crippen molar-refractivity contribution in [3.8, 4) is 10.8 Å². The van der Waals surface area contributed by atoms with E-state index in [4.69, 9.17) is 4.42 Å². The molecule has 6 heteroatoms. The van der Waals surface area contributed by atoms with Crippen molar-refractivity contribution >= 4 is 17.2 Å². The molecule has 2 aromatic heterocycles. The van der Waals surface area contributed by atoms with Crippen molar-refractivity contribution in [1.29, 1.82) is 0 Å². The van der Waals surface area contributed by atoms with Gasteiger partial charge in [0, 0.05) is 6.54 Å². The molecule has 0 unspecified atom stereocenters. The summed E-state index contributed by atoms with van der Waals surface area (Å²) >= 11 is 1.33. The first kappa shape index (κ1) is 12.8. The lowest BCUT2D eigenvalue weighted by Crippen LogP contribution is -2.25. The van der Waals surface area contributed by atoms with Crippen LogP contribution in [0.5, 0.6) is 0 Å². The van der Waals surface area contributed by atoms with Gasteiger partial charge in [-0.1, -0.05) is 0 Å². The molecule has 0 fully saturated rings. The summed E-state index contributed by atoms with van der Waals surface area (Å²) in [6.07, 6.45) is 4.08. The highest BCUT2D eigenvalue weighted by molar-refractivity contribution is 7.16. The highest BCUT2D eigenvalue weighted by atomic mass is 32.1. The van der Waals surface area contributed by atoms with Crippen LogP contribution in [0.4, 0.5) is 0 Å². The number of nitrogens with one attached hydrogen (secondary N) is 2. The quantitative estimate of drug-likeness (QED) is 0.781. The summed E-state index contributed by atoms with van der Waals surface area (Å²) in [5, 5.41) is 6.61. The van der Waals surface area contributed by atoms with Crippen LogP contribution in [0.25, 0.3) is 10.8 Å². The van der Waals surface area contributed by atoms with E-state index < -0.39 is 0 Å². The van der Waals surface area contributed by atoms with Crippen LogP contribution in [-0.2, 0) is 0 Å². The molecule has 0 atom stereocenters. The maximum Gasteiger partial charge on any atom is 0.263 e. The van der Waals surface area contributed by atoms with Crippen LogP contribution in [0.2, 0.25) is 0 Å². The molecule has 0 aliphatic rings. The lowest BCUT2D eigenvalue weighted by Gasteiger charge is -2.02. The van der Waals surface area contributed by atoms with Crippen LogP contribution in [0, 0.1) is 0 Å². The van der Waals surface area contributed by atoms with Gasteiger partial charge in [0.25, 0.3) is 5.91 Å². The van der Waals surface area contributed by atoms with Gasteiger partial charge in [0.2, 0.25) is 0 Å². The molecule has 0 saturated carbocycles. The zero-order chi connectivity index (χ0) is 12.8. The Morgan fingerprint density at radius 3 is 3.11 bits per heavy atom. The number of hydrogen-bond donors (Lipinski definition) is 2. The lowest BCUT2D eigenvalue weighted by molar-refractivity contribution is 0.0957. The van der Waals surface area contributed by atoms with Crippen molar-refractivity contribution in [2.45, 2.75) is 6.42 Å². The largest absolute Gasteiger partial charge is 0.462 e. The topological polar surface area (TPSA) is 67.2 Å². The van der Waals surface area contributed by atoms with Crippen LogP contribution in [-0.4, -0.2) is 31.0 Å². The predicted molar refractivity (Wildman–Crippen MR) is 70.7 cm³/mol. The summed E-state index contributed by atoms with van der Waals surface area (Å²) in [7, 11) is 1.89. The van der Waals surface area contributed by atoms with Crippen LogP contribution >= 0.6 is 11.3 Å². The fourth-order valence-electron chi connectivity index (χ4n) is 1.45. The van der Waals surface area contributed by atoms with E-state index in [1.54, 1.807) is 18.5 Å². The molecule has 2 aromatic rings. The molecule has 96 valence electrons. The van der Waals surface area contributed by atoms with Crippen LogP contribution in [0.1, 0.15) is 16.1 Å². The summed E-state index contributed by atoms with van der Waals surface area (Å²) in [4.78, 5) is 16.6. The Hall–Kier alpha value is -1.66. The second-order valence-corrected chi connectivity index (χ2v) is 4.75. The van der Waals surface area contributed by atoms with Crippen molar-refractivity contribution < 1.29 is 9.21 Å². The van der Waals surface area contributed by atoms with Gasteiger partial charge >= 0.3 is 0 Å². The Morgan fingerprint density at radius 1 is 1.50 bits per heavy atom. The number of hydrogen-bond acceptors (Lipinski definition) is 5. The zero-order valence-electron chi connectivity index (χ0n) is 10.1. The van der Waals surface area contributed by atoms with Gasteiger partial charge < -0.3 is 15.1 Å². The first-order valence-corrected chi connectivity index (χ1v) is 6.55. The Bertz CT molecular complexity index is 493. The van der Waals surface area contributed by atoms with E-state index in [9.17, 15) is 4.79 Å². The lowest BCUT2D eigenvalue weighted by atomic mass is 10.4. The molecule has 1 amide bonds. The Labute approximate surface area is 109 Å². The molecule has 2 rings (SSSR count). The average Bonchev–Trinajstić information content (AvgIpc) is 3.03. The van der Waals surface area contributed by atoms with Crippen LogP contribution in [0.3, 0.4) is 0 Å². The van der Waals surface area contributed by atoms with Crippen molar-refractivity contribution in [1.82, 2.24) is 15.6 Å². The molecule has 18 heavy (non-hydrogen) atoms. The Balaban J connectivity index is 1.91. The molecule has 0 radical (unpaired) electrons. The van der Waals surface area contributed by atoms with Gasteiger partial charge in [0.1, 0.15) is 4.88 Å². The zero-order valence-corrected chi connectivity index (χ0v) is 10.9. The molecule has 0 aliphatic carbocycles. The standard InChI is InChI=1S/C12H15N3O2S/c1-13-5-3-6-14-11(16)10-8-15-12(18-10)9-4-2-7-17-9/h2,4,7-8,13H,3,5-6H2,1H3,(H,14,16). The first-order chi connectivity index (χ1) is 8.81. The van der Waals surface area contributed by atoms with E-state index in [1.807, 2.05) is 13.1 Å². The summed E-state index contributed by atoms with van der Waals surface area (Å²) in [6.45, 7) is 1.55. The smallest absolute Gasteiger partial charge is 0.263 e. The predicted octanol–water partition coefficient (Wildman–Crippen LogP) is 1.74. The number of carbonyl (C=O) groups excluding carboxylic acids is 1. The molecule has 0 saturated heterocycles. The summed E-state index contributed by atoms with van der Waals surface area (Å²) in [6, 6.07) is 3.63. The number of nitrogens with zero attached hydrogens (tertiary/aromatic N) is 1. The minimum absolute atomic E-state index is 0.0820. The number of rotatable bonds is 6. The third-order valence-corrected chi connectivity index (χ3v) is 3.36. The minimum Gasteiger partial charge on any atom is -0.462 e. The number of furan rings is 1. The van der Waals surface area contributed by atoms with Crippen molar-refractivity contribution in [2.24, 2.45) is 0 Å². The molecular formula is C12H15N3O2S. The van der Waals surface area contributed by atoms with Gasteiger partial charge in [-0.3, -0.25) is 4.79 Å². The highest BCUT2D eigenvalue weighted by Crippen LogP contribution is 2.25. The van der Waals surface area contributed by atoms with Gasteiger partial charge in [0.05, 0.1) is 12.5 Å². The highest BCUT2D eigenvalue weighted by Gasteiger charge is 2.12. The molecule has 2 N–H and O–H groups in total. The Morgan fingerprint density at radius 2 is 2.39 bits per heavy atom. The number of amides is 1. The monoisotopic (exact) mass is 265 g/mol. The Kier molecular flexibility index (Phi) is 4.49. The van der Waals surface area contributed by atoms with E-state index in [2.05, 4.69) is 15.6 Å². The normalized spacial score (nSPS) is 10.5. The third kappa shape index (κ3) is 3.18. The SMILES string of the molecule is CNCCCNC(=O)c1cnc(-c2ccco2)s1. The maximum atomic E-state index is 11.8. The van der Waals surface area contributed by atoms with E-state index >= 15 is 0 Å². The molecule has 0 aromatic carbocycles. The van der Waals surface area contributed by atoms with E-state index in [-0.39, 0.29) is 5.91 Å². The first-order valence-electron chi connectivity index (χ1n) is 5.74. The fourth-order valence-corrected chi connectivity index (χ4v) is 2.25. The second kappa shape index (κ2) is 6.32. The maximum absolute atomic E-state index is 11.8. The van der Waals surface area contributed by atoms with Gasteiger partial charge in [-0.25, -0.2) is 4.98 Å². The van der Waals surface area contributed by atoms with Gasteiger partial charge in [-0.15, -0.1) is 11.3 Å². The van der Waals surface area contributed by atoms with Gasteiger partial charge in [0.15, 0.2) is 10.8 Å². The molecular weight excluding hydrogens is 250 g/mol. The molecule has 0 bridgehead atoms. The number of carbonyl (C=O) groups is 1. The molecule has 0 aliphatic heterocycles.